The molecule has 0 saturated carbocycles. The van der Waals surface area contributed by atoms with E-state index in [0.29, 0.717) is 18.4 Å². The van der Waals surface area contributed by atoms with Gasteiger partial charge in [0.25, 0.3) is 0 Å². The lowest BCUT2D eigenvalue weighted by Gasteiger charge is -2.27. The van der Waals surface area contributed by atoms with Crippen molar-refractivity contribution in [3.63, 3.8) is 0 Å². The lowest BCUT2D eigenvalue weighted by molar-refractivity contribution is 0.415. The number of aromatic nitrogens is 4. The lowest BCUT2D eigenvalue weighted by atomic mass is 9.99. The smallest absolute Gasteiger partial charge is 0.312 e. The number of nitrogens with zero attached hydrogens (tertiary/aromatic N) is 5. The van der Waals surface area contributed by atoms with Crippen molar-refractivity contribution in [2.75, 3.05) is 36.1 Å². The maximum absolute atomic E-state index is 5.50. The molecule has 0 atom stereocenters. The Balaban J connectivity index is 1.35. The van der Waals surface area contributed by atoms with Crippen molar-refractivity contribution >= 4 is 44.9 Å². The zero-order valence-corrected chi connectivity index (χ0v) is 17.7. The summed E-state index contributed by atoms with van der Waals surface area (Å²) < 4.78 is 10.5. The number of anilines is 3. The minimum absolute atomic E-state index is 0.0497. The highest BCUT2D eigenvalue weighted by molar-refractivity contribution is 7.16. The average molecular weight is 436 g/mol. The summed E-state index contributed by atoms with van der Waals surface area (Å²) in [4.78, 5) is 12.7. The number of nitrogens with two attached hydrogens (primary N) is 1. The van der Waals surface area contributed by atoms with Crippen LogP contribution in [0.3, 0.4) is 0 Å². The molecule has 0 unspecified atom stereocenters. The van der Waals surface area contributed by atoms with Crippen LogP contribution in [0.2, 0.25) is 0 Å². The van der Waals surface area contributed by atoms with E-state index in [0.717, 1.165) is 41.3 Å². The summed E-state index contributed by atoms with van der Waals surface area (Å²) in [6, 6.07) is 10.2. The van der Waals surface area contributed by atoms with Gasteiger partial charge in [-0.3, -0.25) is 0 Å². The second kappa shape index (κ2) is 8.23. The third-order valence-corrected chi connectivity index (χ3v) is 5.96. The largest absolute Gasteiger partial charge is 0.497 e. The van der Waals surface area contributed by atoms with Crippen LogP contribution in [0.1, 0.15) is 17.9 Å². The fourth-order valence-electron chi connectivity index (χ4n) is 3.54. The highest BCUT2D eigenvalue weighted by Gasteiger charge is 2.18. The molecule has 0 fully saturated rings. The van der Waals surface area contributed by atoms with Gasteiger partial charge < -0.3 is 25.1 Å². The van der Waals surface area contributed by atoms with Crippen LogP contribution in [0.4, 0.5) is 17.8 Å². The van der Waals surface area contributed by atoms with Crippen molar-refractivity contribution < 1.29 is 9.15 Å². The molecule has 158 valence electrons. The minimum Gasteiger partial charge on any atom is -0.497 e. The van der Waals surface area contributed by atoms with E-state index >= 15 is 0 Å². The molecule has 9 nitrogen and oxygen atoms in total. The van der Waals surface area contributed by atoms with Crippen molar-refractivity contribution in [1.82, 2.24) is 20.2 Å². The third kappa shape index (κ3) is 4.02. The van der Waals surface area contributed by atoms with Gasteiger partial charge in [0.15, 0.2) is 0 Å². The van der Waals surface area contributed by atoms with Crippen molar-refractivity contribution in [3.8, 4) is 5.75 Å². The molecule has 0 aliphatic carbocycles. The molecule has 0 bridgehead atoms. The SMILES string of the molecule is COc1ccc(C2=CCN(c3nc(NCc4nnc(N)o4)c4ccsc4n3)CC2)cc1. The molecule has 0 radical (unpaired) electrons. The van der Waals surface area contributed by atoms with Gasteiger partial charge in [-0.1, -0.05) is 23.3 Å². The number of nitrogens with one attached hydrogen (secondary N) is 1. The first-order valence-electron chi connectivity index (χ1n) is 9.85. The number of nitrogen functional groups attached to an aromatic ring is 1. The normalized spacial score (nSPS) is 14.0. The number of benzene rings is 1. The van der Waals surface area contributed by atoms with Gasteiger partial charge in [-0.25, -0.2) is 4.98 Å². The van der Waals surface area contributed by atoms with Crippen molar-refractivity contribution in [1.29, 1.82) is 0 Å². The van der Waals surface area contributed by atoms with Gasteiger partial charge in [-0.05, 0) is 41.1 Å². The van der Waals surface area contributed by atoms with E-state index in [1.807, 2.05) is 23.6 Å². The zero-order valence-electron chi connectivity index (χ0n) is 16.9. The number of thiophene rings is 1. The summed E-state index contributed by atoms with van der Waals surface area (Å²) in [5.41, 5.74) is 8.04. The Kier molecular flexibility index (Phi) is 5.13. The molecule has 0 spiro atoms. The summed E-state index contributed by atoms with van der Waals surface area (Å²) in [5, 5.41) is 13.8. The Morgan fingerprint density at radius 3 is 2.77 bits per heavy atom. The molecular formula is C21H21N7O2S. The zero-order chi connectivity index (χ0) is 21.2. The highest BCUT2D eigenvalue weighted by atomic mass is 32.1. The van der Waals surface area contributed by atoms with Gasteiger partial charge in [0.2, 0.25) is 11.8 Å². The van der Waals surface area contributed by atoms with Gasteiger partial charge in [0.1, 0.15) is 16.4 Å². The summed E-state index contributed by atoms with van der Waals surface area (Å²) in [6.07, 6.45) is 3.16. The number of fused-ring (bicyclic) bond motifs is 1. The molecule has 10 heteroatoms. The number of ether oxygens (including phenoxy) is 1. The van der Waals surface area contributed by atoms with Crippen LogP contribution in [0, 0.1) is 0 Å². The summed E-state index contributed by atoms with van der Waals surface area (Å²) in [5.74, 6) is 2.71. The Labute approximate surface area is 182 Å². The monoisotopic (exact) mass is 435 g/mol. The first-order valence-corrected chi connectivity index (χ1v) is 10.7. The Bertz CT molecular complexity index is 1230. The standard InChI is InChI=1S/C21H21N7O2S/c1-29-15-4-2-13(3-5-15)14-6-9-28(10-7-14)21-24-18(16-8-11-31-19(16)25-21)23-12-17-26-27-20(22)30-17/h2-6,8,11H,7,9-10,12H2,1H3,(H2,22,27)(H,23,24,25). The molecule has 0 saturated heterocycles. The van der Waals surface area contributed by atoms with Crippen molar-refractivity contribution in [2.24, 2.45) is 0 Å². The lowest BCUT2D eigenvalue weighted by Crippen LogP contribution is -2.30. The van der Waals surface area contributed by atoms with Crippen LogP contribution < -0.4 is 20.7 Å². The van der Waals surface area contributed by atoms with Gasteiger partial charge in [0, 0.05) is 13.1 Å². The maximum atomic E-state index is 5.50. The molecule has 5 rings (SSSR count). The topological polar surface area (TPSA) is 115 Å². The predicted molar refractivity (Wildman–Crippen MR) is 121 cm³/mol. The fraction of sp³-hybridized carbons (Fsp3) is 0.238. The number of hydrogen-bond donors (Lipinski definition) is 2. The molecule has 3 N–H and O–H groups in total. The summed E-state index contributed by atoms with van der Waals surface area (Å²) in [6.45, 7) is 1.93. The van der Waals surface area contributed by atoms with E-state index in [1.165, 1.54) is 11.1 Å². The van der Waals surface area contributed by atoms with E-state index in [9.17, 15) is 0 Å². The molecule has 4 aromatic rings. The second-order valence-corrected chi connectivity index (χ2v) is 7.95. The van der Waals surface area contributed by atoms with E-state index in [4.69, 9.17) is 24.9 Å². The van der Waals surface area contributed by atoms with Crippen molar-refractivity contribution in [3.05, 3.63) is 53.2 Å². The molecule has 3 aromatic heterocycles. The van der Waals surface area contributed by atoms with Crippen LogP contribution in [0.25, 0.3) is 15.8 Å². The molecule has 1 aliphatic heterocycles. The third-order valence-electron chi connectivity index (χ3n) is 5.16. The van der Waals surface area contributed by atoms with Gasteiger partial charge in [-0.15, -0.1) is 16.4 Å². The summed E-state index contributed by atoms with van der Waals surface area (Å²) in [7, 11) is 1.68. The van der Waals surface area contributed by atoms with Crippen LogP contribution in [-0.4, -0.2) is 40.4 Å². The first kappa shape index (κ1) is 19.3. The number of hydrogen-bond acceptors (Lipinski definition) is 10. The molecule has 1 aromatic carbocycles. The van der Waals surface area contributed by atoms with E-state index in [1.54, 1.807) is 18.4 Å². The minimum atomic E-state index is 0.0497. The molecular weight excluding hydrogens is 414 g/mol. The Hall–Kier alpha value is -3.66. The number of methoxy groups -OCH3 is 1. The molecule has 4 heterocycles. The highest BCUT2D eigenvalue weighted by Crippen LogP contribution is 2.30. The summed E-state index contributed by atoms with van der Waals surface area (Å²) >= 11 is 1.59. The van der Waals surface area contributed by atoms with Gasteiger partial charge in [0.05, 0.1) is 19.0 Å². The van der Waals surface area contributed by atoms with Crippen LogP contribution in [-0.2, 0) is 6.54 Å². The quantitative estimate of drug-likeness (QED) is 0.469. The second-order valence-electron chi connectivity index (χ2n) is 7.05. The van der Waals surface area contributed by atoms with E-state index < -0.39 is 0 Å². The van der Waals surface area contributed by atoms with Crippen LogP contribution in [0.15, 0.2) is 46.2 Å². The van der Waals surface area contributed by atoms with Gasteiger partial charge >= 0.3 is 6.01 Å². The van der Waals surface area contributed by atoms with Crippen LogP contribution >= 0.6 is 11.3 Å². The maximum Gasteiger partial charge on any atom is 0.312 e. The van der Waals surface area contributed by atoms with Crippen LogP contribution in [0.5, 0.6) is 5.75 Å². The average Bonchev–Trinajstić information content (AvgIpc) is 3.46. The number of rotatable bonds is 6. The van der Waals surface area contributed by atoms with Gasteiger partial charge in [-0.2, -0.15) is 4.98 Å². The first-order chi connectivity index (χ1) is 15.2. The fourth-order valence-corrected chi connectivity index (χ4v) is 4.29. The predicted octanol–water partition coefficient (Wildman–Crippen LogP) is 3.57. The molecule has 0 amide bonds. The molecule has 31 heavy (non-hydrogen) atoms. The Morgan fingerprint density at radius 1 is 1.19 bits per heavy atom. The van der Waals surface area contributed by atoms with Crippen molar-refractivity contribution in [2.45, 2.75) is 13.0 Å². The van der Waals surface area contributed by atoms with E-state index in [-0.39, 0.29) is 6.01 Å². The van der Waals surface area contributed by atoms with E-state index in [2.05, 4.69) is 38.6 Å². The molecule has 1 aliphatic rings. The Morgan fingerprint density at radius 2 is 2.06 bits per heavy atom.